The van der Waals surface area contributed by atoms with Gasteiger partial charge in [0.15, 0.2) is 17.6 Å². The fourth-order valence-corrected chi connectivity index (χ4v) is 3.00. The second kappa shape index (κ2) is 9.01. The van der Waals surface area contributed by atoms with Crippen LogP contribution >= 0.6 is 0 Å². The molecule has 1 heterocycles. The van der Waals surface area contributed by atoms with Crippen LogP contribution in [0.1, 0.15) is 27.2 Å². The summed E-state index contributed by atoms with van der Waals surface area (Å²) in [5.74, 6) is -0.852. The Morgan fingerprint density at radius 2 is 2.00 bits per heavy atom. The highest BCUT2D eigenvalue weighted by Crippen LogP contribution is 2.24. The van der Waals surface area contributed by atoms with E-state index in [-0.39, 0.29) is 18.0 Å². The van der Waals surface area contributed by atoms with E-state index in [1.807, 2.05) is 25.7 Å². The first-order valence-electron chi connectivity index (χ1n) is 9.13. The van der Waals surface area contributed by atoms with E-state index < -0.39 is 11.6 Å². The van der Waals surface area contributed by atoms with Crippen LogP contribution in [0.5, 0.6) is 0 Å². The molecule has 0 spiro atoms. The van der Waals surface area contributed by atoms with E-state index in [1.54, 1.807) is 13.1 Å². The lowest BCUT2D eigenvalue weighted by molar-refractivity contribution is -0.121. The van der Waals surface area contributed by atoms with E-state index in [9.17, 15) is 13.6 Å². The van der Waals surface area contributed by atoms with E-state index >= 15 is 0 Å². The lowest BCUT2D eigenvalue weighted by atomic mass is 10.1. The molecule has 150 valence electrons. The molecule has 8 heteroatoms. The summed E-state index contributed by atoms with van der Waals surface area (Å²) in [5, 5.41) is 9.09. The molecule has 1 aromatic carbocycles. The Labute approximate surface area is 159 Å². The van der Waals surface area contributed by atoms with Crippen LogP contribution in [-0.4, -0.2) is 50.6 Å². The molecule has 1 amide bonds. The molecular weight excluding hydrogens is 352 g/mol. The largest absolute Gasteiger partial charge is 0.371 e. The highest BCUT2D eigenvalue weighted by atomic mass is 19.2. The van der Waals surface area contributed by atoms with Gasteiger partial charge in [0.2, 0.25) is 5.91 Å². The van der Waals surface area contributed by atoms with Crippen LogP contribution in [-0.2, 0) is 4.79 Å². The summed E-state index contributed by atoms with van der Waals surface area (Å²) in [5.41, 5.74) is 0.417. The van der Waals surface area contributed by atoms with Crippen molar-refractivity contribution >= 4 is 17.6 Å². The first-order valence-corrected chi connectivity index (χ1v) is 9.13. The van der Waals surface area contributed by atoms with Gasteiger partial charge in [-0.2, -0.15) is 0 Å². The Kier molecular flexibility index (Phi) is 6.98. The third-order valence-corrected chi connectivity index (χ3v) is 4.27. The molecule has 1 fully saturated rings. The van der Waals surface area contributed by atoms with Crippen LogP contribution in [0, 0.1) is 17.6 Å². The van der Waals surface area contributed by atoms with E-state index in [4.69, 9.17) is 0 Å². The molecule has 2 rings (SSSR count). The molecule has 0 bridgehead atoms. The molecule has 1 aliphatic rings. The Balaban J connectivity index is 1.77. The highest BCUT2D eigenvalue weighted by Gasteiger charge is 2.23. The molecule has 1 aliphatic heterocycles. The Morgan fingerprint density at radius 1 is 1.26 bits per heavy atom. The zero-order valence-corrected chi connectivity index (χ0v) is 16.4. The lowest BCUT2D eigenvalue weighted by Crippen LogP contribution is -2.48. The number of anilines is 1. The van der Waals surface area contributed by atoms with Gasteiger partial charge in [0, 0.05) is 44.0 Å². The summed E-state index contributed by atoms with van der Waals surface area (Å²) in [4.78, 5) is 18.0. The second-order valence-corrected chi connectivity index (χ2v) is 7.80. The molecule has 0 aromatic heterocycles. The van der Waals surface area contributed by atoms with Crippen LogP contribution in [0.15, 0.2) is 23.2 Å². The fraction of sp³-hybridized carbons (Fsp3) is 0.579. The predicted molar refractivity (Wildman–Crippen MR) is 104 cm³/mol. The first-order chi connectivity index (χ1) is 12.7. The normalized spacial score (nSPS) is 17.8. The van der Waals surface area contributed by atoms with Gasteiger partial charge in [-0.3, -0.25) is 9.79 Å². The van der Waals surface area contributed by atoms with E-state index in [0.717, 1.165) is 25.6 Å². The molecule has 0 aliphatic carbocycles. The second-order valence-electron chi connectivity index (χ2n) is 7.80. The lowest BCUT2D eigenvalue weighted by Gasteiger charge is -2.21. The number of carbonyl (C=O) groups is 1. The summed E-state index contributed by atoms with van der Waals surface area (Å²) in [6.45, 7) is 8.14. The number of guanidine groups is 1. The molecule has 0 saturated carbocycles. The number of benzene rings is 1. The van der Waals surface area contributed by atoms with Crippen molar-refractivity contribution in [1.82, 2.24) is 16.0 Å². The van der Waals surface area contributed by atoms with E-state index in [0.29, 0.717) is 24.1 Å². The number of nitrogens with zero attached hydrogens (tertiary/aromatic N) is 2. The van der Waals surface area contributed by atoms with Crippen LogP contribution in [0.4, 0.5) is 14.5 Å². The van der Waals surface area contributed by atoms with Gasteiger partial charge in [-0.15, -0.1) is 0 Å². The van der Waals surface area contributed by atoms with Gasteiger partial charge in [-0.05, 0) is 45.2 Å². The van der Waals surface area contributed by atoms with Crippen LogP contribution in [0.25, 0.3) is 0 Å². The molecule has 27 heavy (non-hydrogen) atoms. The Morgan fingerprint density at radius 3 is 2.63 bits per heavy atom. The van der Waals surface area contributed by atoms with Gasteiger partial charge < -0.3 is 20.9 Å². The molecule has 3 N–H and O–H groups in total. The molecule has 1 saturated heterocycles. The molecule has 0 radical (unpaired) electrons. The van der Waals surface area contributed by atoms with Gasteiger partial charge >= 0.3 is 0 Å². The van der Waals surface area contributed by atoms with Gasteiger partial charge in [-0.25, -0.2) is 8.78 Å². The highest BCUT2D eigenvalue weighted by molar-refractivity contribution is 5.86. The SMILES string of the molecule is CN=C(NCC(=O)NC(C)(C)C)NCC1CCN(c2ccc(F)c(F)c2)C1. The van der Waals surface area contributed by atoms with Crippen molar-refractivity contribution in [2.24, 2.45) is 10.9 Å². The van der Waals surface area contributed by atoms with E-state index in [2.05, 4.69) is 20.9 Å². The van der Waals surface area contributed by atoms with Crippen molar-refractivity contribution in [2.75, 3.05) is 38.1 Å². The first kappa shape index (κ1) is 20.9. The van der Waals surface area contributed by atoms with Crippen LogP contribution < -0.4 is 20.9 Å². The van der Waals surface area contributed by atoms with Crippen molar-refractivity contribution in [3.63, 3.8) is 0 Å². The summed E-state index contributed by atoms with van der Waals surface area (Å²) in [6, 6.07) is 3.99. The van der Waals surface area contributed by atoms with Crippen molar-refractivity contribution in [2.45, 2.75) is 32.7 Å². The molecule has 1 atom stereocenters. The molecule has 1 aromatic rings. The average molecular weight is 381 g/mol. The topological polar surface area (TPSA) is 68.8 Å². The van der Waals surface area contributed by atoms with Crippen molar-refractivity contribution in [3.8, 4) is 0 Å². The minimum absolute atomic E-state index is 0.101. The Hall–Kier alpha value is -2.38. The number of aliphatic imine (C=N–C) groups is 1. The number of carbonyl (C=O) groups excluding carboxylic acids is 1. The molecule has 6 nitrogen and oxygen atoms in total. The maximum atomic E-state index is 13.4. The van der Waals surface area contributed by atoms with Gasteiger partial charge in [0.05, 0.1) is 6.54 Å². The van der Waals surface area contributed by atoms with Gasteiger partial charge in [-0.1, -0.05) is 0 Å². The number of hydrogen-bond donors (Lipinski definition) is 3. The zero-order valence-electron chi connectivity index (χ0n) is 16.4. The van der Waals surface area contributed by atoms with Crippen molar-refractivity contribution in [3.05, 3.63) is 29.8 Å². The average Bonchev–Trinajstić information content (AvgIpc) is 3.05. The van der Waals surface area contributed by atoms with Gasteiger partial charge in [0.1, 0.15) is 0 Å². The summed E-state index contributed by atoms with van der Waals surface area (Å²) < 4.78 is 26.5. The summed E-state index contributed by atoms with van der Waals surface area (Å²) in [7, 11) is 1.65. The van der Waals surface area contributed by atoms with Crippen molar-refractivity contribution in [1.29, 1.82) is 0 Å². The third kappa shape index (κ3) is 6.69. The molecular formula is C19H29F2N5O. The monoisotopic (exact) mass is 381 g/mol. The maximum Gasteiger partial charge on any atom is 0.239 e. The number of halogens is 2. The fourth-order valence-electron chi connectivity index (χ4n) is 3.00. The number of nitrogens with one attached hydrogen (secondary N) is 3. The quantitative estimate of drug-likeness (QED) is 0.538. The Bertz CT molecular complexity index is 687. The summed E-state index contributed by atoms with van der Waals surface area (Å²) >= 11 is 0. The number of rotatable bonds is 5. The van der Waals surface area contributed by atoms with Gasteiger partial charge in [0.25, 0.3) is 0 Å². The smallest absolute Gasteiger partial charge is 0.239 e. The standard InChI is InChI=1S/C19H29F2N5O/c1-19(2,3)25-17(27)11-24-18(22-4)23-10-13-7-8-26(12-13)14-5-6-15(20)16(21)9-14/h5-6,9,13H,7-8,10-12H2,1-4H3,(H,25,27)(H2,22,23,24). The minimum atomic E-state index is -0.832. The molecule has 1 unspecified atom stereocenters. The van der Waals surface area contributed by atoms with E-state index in [1.165, 1.54) is 6.07 Å². The summed E-state index contributed by atoms with van der Waals surface area (Å²) in [6.07, 6.45) is 0.938. The predicted octanol–water partition coefficient (Wildman–Crippen LogP) is 1.87. The maximum absolute atomic E-state index is 13.4. The minimum Gasteiger partial charge on any atom is -0.371 e. The van der Waals surface area contributed by atoms with Crippen LogP contribution in [0.3, 0.4) is 0 Å². The van der Waals surface area contributed by atoms with Crippen LogP contribution in [0.2, 0.25) is 0 Å². The van der Waals surface area contributed by atoms with Crippen molar-refractivity contribution < 1.29 is 13.6 Å². The third-order valence-electron chi connectivity index (χ3n) is 4.27. The zero-order chi connectivity index (χ0) is 20.0. The number of hydrogen-bond acceptors (Lipinski definition) is 3. The number of amides is 1.